The summed E-state index contributed by atoms with van der Waals surface area (Å²) in [6, 6.07) is 14.1. The molecule has 0 atom stereocenters. The van der Waals surface area contributed by atoms with Crippen LogP contribution < -0.4 is 4.74 Å². The fraction of sp³-hybridized carbons (Fsp3) is 0.188. The Bertz CT molecular complexity index is 561. The maximum Gasteiger partial charge on any atom is 0.169 e. The van der Waals surface area contributed by atoms with Crippen LogP contribution >= 0.6 is 0 Å². The molecular weight excluding hydrogens is 240 g/mol. The maximum absolute atomic E-state index is 11.9. The Morgan fingerprint density at radius 2 is 1.84 bits per heavy atom. The van der Waals surface area contributed by atoms with Gasteiger partial charge in [-0.2, -0.15) is 0 Å². The van der Waals surface area contributed by atoms with Gasteiger partial charge in [-0.25, -0.2) is 0 Å². The first-order valence-corrected chi connectivity index (χ1v) is 6.30. The third-order valence-corrected chi connectivity index (χ3v) is 2.75. The maximum atomic E-state index is 11.9. The molecule has 0 saturated carbocycles. The Morgan fingerprint density at radius 3 is 2.53 bits per heavy atom. The van der Waals surface area contributed by atoms with E-state index in [1.54, 1.807) is 30.3 Å². The Morgan fingerprint density at radius 1 is 1.11 bits per heavy atom. The Labute approximate surface area is 112 Å². The molecular formula is C16H16O3. The molecule has 0 aliphatic carbocycles. The third kappa shape index (κ3) is 3.13. The van der Waals surface area contributed by atoms with Gasteiger partial charge in [-0.15, -0.1) is 0 Å². The lowest BCUT2D eigenvalue weighted by Gasteiger charge is -2.10. The van der Waals surface area contributed by atoms with Crippen LogP contribution in [0.5, 0.6) is 17.2 Å². The molecule has 0 unspecified atom stereocenters. The smallest absolute Gasteiger partial charge is 0.169 e. The zero-order valence-corrected chi connectivity index (χ0v) is 10.8. The number of ether oxygens (including phenoxy) is 1. The minimum atomic E-state index is -0.0928. The lowest BCUT2D eigenvalue weighted by atomic mass is 10.1. The van der Waals surface area contributed by atoms with Crippen LogP contribution in [0.25, 0.3) is 0 Å². The van der Waals surface area contributed by atoms with Crippen LogP contribution in [-0.4, -0.2) is 10.9 Å². The van der Waals surface area contributed by atoms with Gasteiger partial charge in [0.1, 0.15) is 5.75 Å². The van der Waals surface area contributed by atoms with E-state index >= 15 is 0 Å². The number of phenolic OH excluding ortho intramolecular Hbond substituents is 1. The van der Waals surface area contributed by atoms with Crippen LogP contribution in [-0.2, 0) is 0 Å². The highest BCUT2D eigenvalue weighted by Crippen LogP contribution is 2.34. The van der Waals surface area contributed by atoms with Gasteiger partial charge in [0.2, 0.25) is 0 Å². The molecule has 0 amide bonds. The molecule has 3 nitrogen and oxygen atoms in total. The summed E-state index contributed by atoms with van der Waals surface area (Å²) in [5.74, 6) is 0.759. The van der Waals surface area contributed by atoms with E-state index in [9.17, 15) is 9.90 Å². The van der Waals surface area contributed by atoms with Crippen molar-refractivity contribution in [3.05, 3.63) is 54.1 Å². The predicted octanol–water partition coefficient (Wildman–Crippen LogP) is 4.17. The Kier molecular flexibility index (Phi) is 4.18. The normalized spacial score (nSPS) is 10.2. The average Bonchev–Trinajstić information content (AvgIpc) is 2.42. The van der Waals surface area contributed by atoms with Crippen molar-refractivity contribution in [3.8, 4) is 17.2 Å². The van der Waals surface area contributed by atoms with Gasteiger partial charge in [0.25, 0.3) is 0 Å². The molecule has 2 aromatic rings. The number of carbonyl (C=O) groups is 1. The molecule has 1 N–H and O–H groups in total. The van der Waals surface area contributed by atoms with Gasteiger partial charge in [0.05, 0.1) is 5.56 Å². The quantitative estimate of drug-likeness (QED) is 0.817. The summed E-state index contributed by atoms with van der Waals surface area (Å²) in [5, 5.41) is 10.1. The van der Waals surface area contributed by atoms with E-state index in [1.165, 1.54) is 0 Å². The molecule has 0 aliphatic heterocycles. The highest BCUT2D eigenvalue weighted by molar-refractivity contribution is 5.99. The van der Waals surface area contributed by atoms with Crippen LogP contribution in [0.3, 0.4) is 0 Å². The van der Waals surface area contributed by atoms with Crippen LogP contribution in [0.1, 0.15) is 30.1 Å². The van der Waals surface area contributed by atoms with Crippen molar-refractivity contribution < 1.29 is 14.6 Å². The van der Waals surface area contributed by atoms with Crippen molar-refractivity contribution in [2.75, 3.05) is 0 Å². The molecule has 0 spiro atoms. The molecule has 0 saturated heterocycles. The van der Waals surface area contributed by atoms with E-state index in [2.05, 4.69) is 0 Å². The van der Waals surface area contributed by atoms with E-state index in [4.69, 9.17) is 4.74 Å². The predicted molar refractivity (Wildman–Crippen MR) is 73.9 cm³/mol. The second kappa shape index (κ2) is 6.05. The van der Waals surface area contributed by atoms with Crippen molar-refractivity contribution >= 4 is 5.78 Å². The van der Waals surface area contributed by atoms with Gasteiger partial charge in [-0.05, 0) is 30.7 Å². The highest BCUT2D eigenvalue weighted by Gasteiger charge is 2.14. The number of ketones is 1. The van der Waals surface area contributed by atoms with E-state index in [0.29, 0.717) is 23.5 Å². The number of Topliss-reactive ketones (excluding diaryl/α,β-unsaturated/α-hetero) is 1. The van der Waals surface area contributed by atoms with Crippen molar-refractivity contribution in [1.29, 1.82) is 0 Å². The first kappa shape index (κ1) is 13.1. The molecule has 0 bridgehead atoms. The highest BCUT2D eigenvalue weighted by atomic mass is 16.5. The standard InChI is InChI=1S/C16H16O3/c1-2-7-14(17)13-10-6-11-15(16(13)18)19-12-8-4-3-5-9-12/h3-6,8-11,18H,2,7H2,1H3. The van der Waals surface area contributed by atoms with Gasteiger partial charge < -0.3 is 9.84 Å². The van der Waals surface area contributed by atoms with Crippen molar-refractivity contribution in [3.63, 3.8) is 0 Å². The van der Waals surface area contributed by atoms with E-state index in [1.807, 2.05) is 25.1 Å². The monoisotopic (exact) mass is 256 g/mol. The Hall–Kier alpha value is -2.29. The lowest BCUT2D eigenvalue weighted by molar-refractivity contribution is 0.0978. The van der Waals surface area contributed by atoms with Gasteiger partial charge >= 0.3 is 0 Å². The summed E-state index contributed by atoms with van der Waals surface area (Å²) < 4.78 is 5.58. The van der Waals surface area contributed by atoms with Crippen molar-refractivity contribution in [2.45, 2.75) is 19.8 Å². The van der Waals surface area contributed by atoms with Crippen molar-refractivity contribution in [2.24, 2.45) is 0 Å². The molecule has 2 aromatic carbocycles. The number of benzene rings is 2. The summed E-state index contributed by atoms with van der Waals surface area (Å²) in [5.41, 5.74) is 0.315. The van der Waals surface area contributed by atoms with Crippen LogP contribution in [0.4, 0.5) is 0 Å². The number of rotatable bonds is 5. The summed E-state index contributed by atoms with van der Waals surface area (Å²) in [6.07, 6.45) is 1.17. The number of hydrogen-bond donors (Lipinski definition) is 1. The van der Waals surface area contributed by atoms with E-state index in [0.717, 1.165) is 6.42 Å². The molecule has 0 radical (unpaired) electrons. The SMILES string of the molecule is CCCC(=O)c1cccc(Oc2ccccc2)c1O. The minimum absolute atomic E-state index is 0.0708. The van der Waals surface area contributed by atoms with Gasteiger partial charge in [-0.3, -0.25) is 4.79 Å². The summed E-state index contributed by atoms with van der Waals surface area (Å²) in [6.45, 7) is 1.93. The molecule has 19 heavy (non-hydrogen) atoms. The first-order chi connectivity index (χ1) is 9.22. The Balaban J connectivity index is 2.27. The van der Waals surface area contributed by atoms with Crippen LogP contribution in [0.15, 0.2) is 48.5 Å². The molecule has 2 rings (SSSR count). The van der Waals surface area contributed by atoms with Crippen molar-refractivity contribution in [1.82, 2.24) is 0 Å². The molecule has 0 aromatic heterocycles. The van der Waals surface area contributed by atoms with E-state index < -0.39 is 0 Å². The summed E-state index contributed by atoms with van der Waals surface area (Å²) >= 11 is 0. The zero-order chi connectivity index (χ0) is 13.7. The lowest BCUT2D eigenvalue weighted by Crippen LogP contribution is -1.99. The molecule has 98 valence electrons. The number of phenols is 1. The average molecular weight is 256 g/mol. The molecule has 0 aliphatic rings. The summed E-state index contributed by atoms with van der Waals surface area (Å²) in [4.78, 5) is 11.9. The largest absolute Gasteiger partial charge is 0.504 e. The summed E-state index contributed by atoms with van der Waals surface area (Å²) in [7, 11) is 0. The number of para-hydroxylation sites is 2. The zero-order valence-electron chi connectivity index (χ0n) is 10.8. The van der Waals surface area contributed by atoms with Gasteiger partial charge in [0, 0.05) is 6.42 Å². The van der Waals surface area contributed by atoms with Gasteiger partial charge in [-0.1, -0.05) is 31.2 Å². The third-order valence-electron chi connectivity index (χ3n) is 2.75. The minimum Gasteiger partial charge on any atom is -0.504 e. The van der Waals surface area contributed by atoms with E-state index in [-0.39, 0.29) is 11.5 Å². The molecule has 0 fully saturated rings. The van der Waals surface area contributed by atoms with Gasteiger partial charge in [0.15, 0.2) is 17.3 Å². The number of carbonyl (C=O) groups excluding carboxylic acids is 1. The fourth-order valence-corrected chi connectivity index (χ4v) is 1.81. The molecule has 3 heteroatoms. The topological polar surface area (TPSA) is 46.5 Å². The van der Waals surface area contributed by atoms with Crippen LogP contribution in [0.2, 0.25) is 0 Å². The second-order valence-corrected chi connectivity index (χ2v) is 4.24. The van der Waals surface area contributed by atoms with Crippen LogP contribution in [0, 0.1) is 0 Å². The fourth-order valence-electron chi connectivity index (χ4n) is 1.81. The number of hydrogen-bond acceptors (Lipinski definition) is 3. The number of aromatic hydroxyl groups is 1. The first-order valence-electron chi connectivity index (χ1n) is 6.30. The molecule has 0 heterocycles. The second-order valence-electron chi connectivity index (χ2n) is 4.24.